The average Bonchev–Trinajstić information content (AvgIpc) is 2.16. The summed E-state index contributed by atoms with van der Waals surface area (Å²) in [5.41, 5.74) is 0. The Morgan fingerprint density at radius 1 is 1.36 bits per heavy atom. The molecule has 0 bridgehead atoms. The van der Waals surface area contributed by atoms with E-state index in [1.807, 2.05) is 0 Å². The van der Waals surface area contributed by atoms with Gasteiger partial charge in [-0.05, 0) is 18.8 Å². The molecule has 3 N–H and O–H groups in total. The van der Waals surface area contributed by atoms with Gasteiger partial charge in [-0.15, -0.1) is 0 Å². The van der Waals surface area contributed by atoms with Crippen LogP contribution in [0.15, 0.2) is 5.18 Å². The van der Waals surface area contributed by atoms with Crippen molar-refractivity contribution < 1.29 is 20.4 Å². The Kier molecular flexibility index (Phi) is 4.36. The van der Waals surface area contributed by atoms with Crippen LogP contribution in [-0.4, -0.2) is 39.7 Å². The first kappa shape index (κ1) is 11.5. The minimum absolute atomic E-state index is 0.0528. The molecule has 1 rings (SSSR count). The predicted octanol–water partition coefficient (Wildman–Crippen LogP) is 0.294. The molecule has 1 aliphatic carbocycles. The largest absolute Gasteiger partial charge is 0.396 e. The monoisotopic (exact) mass is 206 g/mol. The highest BCUT2D eigenvalue weighted by Crippen LogP contribution is 2.28. The highest BCUT2D eigenvalue weighted by atomic mass is 17.1. The third-order valence-corrected chi connectivity index (χ3v) is 2.39. The van der Waals surface area contributed by atoms with Crippen LogP contribution in [0.5, 0.6) is 0 Å². The second-order valence-electron chi connectivity index (χ2n) is 3.50. The standard InChI is InChI=1S/C7H14N2O5/c10-4-5-1-6(8-11)3-7(2-5)14-9(12)13/h5-7,10,12-13H,1-4H2. The van der Waals surface area contributed by atoms with Crippen LogP contribution in [0.25, 0.3) is 0 Å². The molecule has 1 fully saturated rings. The van der Waals surface area contributed by atoms with Gasteiger partial charge in [-0.1, -0.05) is 5.18 Å². The van der Waals surface area contributed by atoms with E-state index in [0.717, 1.165) is 0 Å². The van der Waals surface area contributed by atoms with Crippen molar-refractivity contribution in [2.24, 2.45) is 11.1 Å². The first-order valence-corrected chi connectivity index (χ1v) is 4.43. The van der Waals surface area contributed by atoms with Gasteiger partial charge in [-0.25, -0.2) is 4.84 Å². The smallest absolute Gasteiger partial charge is 0.0948 e. The molecule has 0 aromatic carbocycles. The molecule has 0 radical (unpaired) electrons. The van der Waals surface area contributed by atoms with Crippen molar-refractivity contribution in [1.82, 2.24) is 5.39 Å². The Morgan fingerprint density at radius 2 is 2.07 bits per heavy atom. The molecule has 1 saturated carbocycles. The van der Waals surface area contributed by atoms with Gasteiger partial charge in [-0.2, -0.15) is 4.91 Å². The van der Waals surface area contributed by atoms with E-state index in [1.165, 1.54) is 0 Å². The topological polar surface area (TPSA) is 103 Å². The first-order chi connectivity index (χ1) is 6.65. The minimum Gasteiger partial charge on any atom is -0.396 e. The summed E-state index contributed by atoms with van der Waals surface area (Å²) in [5, 5.41) is 28.3. The zero-order valence-electron chi connectivity index (χ0n) is 7.61. The number of aliphatic hydroxyl groups excluding tert-OH is 1. The molecule has 3 atom stereocenters. The second-order valence-corrected chi connectivity index (χ2v) is 3.50. The van der Waals surface area contributed by atoms with E-state index in [4.69, 9.17) is 15.5 Å². The van der Waals surface area contributed by atoms with E-state index in [9.17, 15) is 4.91 Å². The number of aliphatic hydroxyl groups is 1. The maximum atomic E-state index is 10.3. The summed E-state index contributed by atoms with van der Waals surface area (Å²) in [4.78, 5) is 14.9. The summed E-state index contributed by atoms with van der Waals surface area (Å²) in [6.45, 7) is -0.0528. The lowest BCUT2D eigenvalue weighted by Gasteiger charge is -2.30. The first-order valence-electron chi connectivity index (χ1n) is 4.43. The van der Waals surface area contributed by atoms with Crippen LogP contribution in [0.4, 0.5) is 0 Å². The lowest BCUT2D eigenvalue weighted by Crippen LogP contribution is -2.35. The van der Waals surface area contributed by atoms with Gasteiger partial charge in [0.15, 0.2) is 0 Å². The quantitative estimate of drug-likeness (QED) is 0.451. The van der Waals surface area contributed by atoms with Gasteiger partial charge in [0.2, 0.25) is 0 Å². The van der Waals surface area contributed by atoms with Gasteiger partial charge >= 0.3 is 0 Å². The summed E-state index contributed by atoms with van der Waals surface area (Å²) >= 11 is 0. The number of rotatable bonds is 4. The van der Waals surface area contributed by atoms with Gasteiger partial charge in [0.25, 0.3) is 0 Å². The highest BCUT2D eigenvalue weighted by molar-refractivity contribution is 4.82. The number of hydrogen-bond acceptors (Lipinski definition) is 7. The Hall–Kier alpha value is -0.600. The maximum Gasteiger partial charge on any atom is 0.0948 e. The molecular formula is C7H14N2O5. The van der Waals surface area contributed by atoms with Crippen LogP contribution in [0.3, 0.4) is 0 Å². The SMILES string of the molecule is O=NC1CC(CO)CC(ON(O)O)C1. The molecule has 7 heteroatoms. The van der Waals surface area contributed by atoms with Gasteiger partial charge in [-0.3, -0.25) is 10.4 Å². The van der Waals surface area contributed by atoms with Crippen molar-refractivity contribution >= 4 is 0 Å². The van der Waals surface area contributed by atoms with E-state index in [0.29, 0.717) is 19.3 Å². The van der Waals surface area contributed by atoms with E-state index >= 15 is 0 Å². The van der Waals surface area contributed by atoms with E-state index in [1.54, 1.807) is 0 Å². The molecular weight excluding hydrogens is 192 g/mol. The Balaban J connectivity index is 2.46. The summed E-state index contributed by atoms with van der Waals surface area (Å²) < 4.78 is 0. The molecule has 0 heterocycles. The Labute approximate surface area is 80.7 Å². The average molecular weight is 206 g/mol. The summed E-state index contributed by atoms with van der Waals surface area (Å²) in [6, 6.07) is -0.425. The van der Waals surface area contributed by atoms with Crippen molar-refractivity contribution in [3.63, 3.8) is 0 Å². The predicted molar refractivity (Wildman–Crippen MR) is 44.3 cm³/mol. The van der Waals surface area contributed by atoms with Crippen LogP contribution >= 0.6 is 0 Å². The van der Waals surface area contributed by atoms with Crippen molar-refractivity contribution in [3.8, 4) is 0 Å². The van der Waals surface area contributed by atoms with Crippen molar-refractivity contribution in [2.75, 3.05) is 6.61 Å². The van der Waals surface area contributed by atoms with Crippen LogP contribution in [-0.2, 0) is 4.84 Å². The molecule has 0 spiro atoms. The van der Waals surface area contributed by atoms with Gasteiger partial charge in [0.05, 0.1) is 17.5 Å². The molecule has 0 saturated heterocycles. The van der Waals surface area contributed by atoms with Gasteiger partial charge in [0, 0.05) is 13.0 Å². The van der Waals surface area contributed by atoms with Gasteiger partial charge in [0.1, 0.15) is 0 Å². The fourth-order valence-corrected chi connectivity index (χ4v) is 1.80. The maximum absolute atomic E-state index is 10.3. The third kappa shape index (κ3) is 3.28. The van der Waals surface area contributed by atoms with Crippen molar-refractivity contribution in [3.05, 3.63) is 4.91 Å². The fraction of sp³-hybridized carbons (Fsp3) is 1.00. The van der Waals surface area contributed by atoms with Crippen molar-refractivity contribution in [1.29, 1.82) is 0 Å². The third-order valence-electron chi connectivity index (χ3n) is 2.39. The van der Waals surface area contributed by atoms with E-state index in [2.05, 4.69) is 10.0 Å². The lowest BCUT2D eigenvalue weighted by atomic mass is 9.85. The molecule has 0 aliphatic heterocycles. The Morgan fingerprint density at radius 3 is 2.57 bits per heavy atom. The van der Waals surface area contributed by atoms with Gasteiger partial charge < -0.3 is 5.11 Å². The summed E-state index contributed by atoms with van der Waals surface area (Å²) in [7, 11) is 0. The lowest BCUT2D eigenvalue weighted by molar-refractivity contribution is -0.506. The van der Waals surface area contributed by atoms with Crippen LogP contribution < -0.4 is 0 Å². The van der Waals surface area contributed by atoms with E-state index in [-0.39, 0.29) is 17.9 Å². The number of hydrogen-bond donors (Lipinski definition) is 3. The normalized spacial score (nSPS) is 33.3. The van der Waals surface area contributed by atoms with Crippen LogP contribution in [0.1, 0.15) is 19.3 Å². The molecule has 1 aliphatic rings. The van der Waals surface area contributed by atoms with E-state index < -0.39 is 12.1 Å². The molecule has 0 aromatic heterocycles. The highest BCUT2D eigenvalue weighted by Gasteiger charge is 2.31. The Bertz CT molecular complexity index is 189. The molecule has 82 valence electrons. The molecule has 14 heavy (non-hydrogen) atoms. The molecule has 0 amide bonds. The van der Waals surface area contributed by atoms with Crippen molar-refractivity contribution in [2.45, 2.75) is 31.4 Å². The minimum atomic E-state index is -0.487. The second kappa shape index (κ2) is 5.32. The summed E-state index contributed by atoms with van der Waals surface area (Å²) in [5.74, 6) is -0.0728. The van der Waals surface area contributed by atoms with Crippen LogP contribution in [0.2, 0.25) is 0 Å². The molecule has 0 aromatic rings. The molecule has 7 nitrogen and oxygen atoms in total. The number of nitroso groups, excluding NO2 is 1. The van der Waals surface area contributed by atoms with Crippen LogP contribution in [0, 0.1) is 10.8 Å². The zero-order valence-corrected chi connectivity index (χ0v) is 7.61. The number of nitrogens with zero attached hydrogens (tertiary/aromatic N) is 2. The fourth-order valence-electron chi connectivity index (χ4n) is 1.80. The summed E-state index contributed by atoms with van der Waals surface area (Å²) in [6.07, 6.45) is 0.868. The molecule has 3 unspecified atom stereocenters. The zero-order chi connectivity index (χ0) is 10.6.